The summed E-state index contributed by atoms with van der Waals surface area (Å²) in [4.78, 5) is 1.39. The van der Waals surface area contributed by atoms with Crippen LogP contribution in [0.15, 0.2) is 12.1 Å². The van der Waals surface area contributed by atoms with Crippen molar-refractivity contribution in [1.82, 2.24) is 5.32 Å². The predicted molar refractivity (Wildman–Crippen MR) is 87.3 cm³/mol. The third-order valence-electron chi connectivity index (χ3n) is 2.92. The van der Waals surface area contributed by atoms with Gasteiger partial charge in [0.2, 0.25) is 0 Å². The second-order valence-electron chi connectivity index (χ2n) is 4.61. The monoisotopic (exact) mass is 305 g/mol. The maximum absolute atomic E-state index is 5.99. The van der Waals surface area contributed by atoms with Gasteiger partial charge in [0.25, 0.3) is 0 Å². The minimum Gasteiger partial charge on any atom is -0.313 e. The van der Waals surface area contributed by atoms with Gasteiger partial charge in [0.1, 0.15) is 0 Å². The van der Waals surface area contributed by atoms with Crippen molar-refractivity contribution >= 4 is 34.7 Å². The topological polar surface area (TPSA) is 12.0 Å². The zero-order valence-electron chi connectivity index (χ0n) is 11.5. The normalized spacial score (nSPS) is 14.7. The van der Waals surface area contributed by atoms with Crippen molar-refractivity contribution in [2.24, 2.45) is 0 Å². The van der Waals surface area contributed by atoms with Crippen LogP contribution in [0.3, 0.4) is 0 Å². The lowest BCUT2D eigenvalue weighted by atomic mass is 10.2. The van der Waals surface area contributed by atoms with Crippen LogP contribution in [0.1, 0.15) is 38.5 Å². The fourth-order valence-corrected chi connectivity index (χ4v) is 3.84. The molecule has 18 heavy (non-hydrogen) atoms. The first kappa shape index (κ1) is 16.4. The minimum absolute atomic E-state index is 0.568. The number of hydrogen-bond acceptors (Lipinski definition) is 3. The Bertz CT molecular complexity index is 327. The molecule has 2 unspecified atom stereocenters. The molecule has 0 amide bonds. The van der Waals surface area contributed by atoms with Gasteiger partial charge in [0.15, 0.2) is 0 Å². The average molecular weight is 306 g/mol. The van der Waals surface area contributed by atoms with Crippen molar-refractivity contribution in [2.75, 3.05) is 12.3 Å². The summed E-state index contributed by atoms with van der Waals surface area (Å²) in [7, 11) is 0. The molecule has 0 aliphatic carbocycles. The lowest BCUT2D eigenvalue weighted by molar-refractivity contribution is 0.552. The maximum Gasteiger partial charge on any atom is 0.0931 e. The summed E-state index contributed by atoms with van der Waals surface area (Å²) in [6.07, 6.45) is 3.53. The Kier molecular flexibility index (Phi) is 8.40. The van der Waals surface area contributed by atoms with Crippen molar-refractivity contribution in [2.45, 2.75) is 51.3 Å². The summed E-state index contributed by atoms with van der Waals surface area (Å²) in [6, 6.07) is 4.72. The predicted octanol–water partition coefficient (Wildman–Crippen LogP) is 4.84. The van der Waals surface area contributed by atoms with Gasteiger partial charge in [-0.15, -0.1) is 11.3 Å². The highest BCUT2D eigenvalue weighted by atomic mass is 35.5. The van der Waals surface area contributed by atoms with Gasteiger partial charge >= 0.3 is 0 Å². The SMILES string of the molecule is CCCNC(CSC(C)CC)Cc1ccc(Cl)s1. The summed E-state index contributed by atoms with van der Waals surface area (Å²) in [5.74, 6) is 1.19. The van der Waals surface area contributed by atoms with Crippen LogP contribution in [-0.4, -0.2) is 23.6 Å². The quantitative estimate of drug-likeness (QED) is 0.700. The van der Waals surface area contributed by atoms with Crippen LogP contribution in [-0.2, 0) is 6.42 Å². The Morgan fingerprint density at radius 3 is 2.72 bits per heavy atom. The van der Waals surface area contributed by atoms with E-state index in [1.165, 1.54) is 23.5 Å². The number of thiophene rings is 1. The third kappa shape index (κ3) is 6.46. The van der Waals surface area contributed by atoms with Crippen LogP contribution in [0.5, 0.6) is 0 Å². The Morgan fingerprint density at radius 1 is 1.39 bits per heavy atom. The highest BCUT2D eigenvalue weighted by molar-refractivity contribution is 7.99. The van der Waals surface area contributed by atoms with Gasteiger partial charge in [0, 0.05) is 21.9 Å². The van der Waals surface area contributed by atoms with Crippen LogP contribution in [0.25, 0.3) is 0 Å². The molecule has 4 heteroatoms. The lowest BCUT2D eigenvalue weighted by Gasteiger charge is -2.19. The van der Waals surface area contributed by atoms with Crippen LogP contribution >= 0.6 is 34.7 Å². The molecule has 0 saturated heterocycles. The van der Waals surface area contributed by atoms with Gasteiger partial charge < -0.3 is 5.32 Å². The van der Waals surface area contributed by atoms with E-state index < -0.39 is 0 Å². The molecule has 1 aromatic rings. The van der Waals surface area contributed by atoms with Crippen molar-refractivity contribution in [3.8, 4) is 0 Å². The molecular formula is C14H24ClNS2. The number of rotatable bonds is 9. The Hall–Kier alpha value is 0.300. The fourth-order valence-electron chi connectivity index (χ4n) is 1.64. The molecule has 0 spiro atoms. The smallest absolute Gasteiger partial charge is 0.0931 e. The summed E-state index contributed by atoms with van der Waals surface area (Å²) < 4.78 is 0.897. The number of nitrogens with one attached hydrogen (secondary N) is 1. The molecule has 1 rings (SSSR count). The van der Waals surface area contributed by atoms with E-state index in [-0.39, 0.29) is 0 Å². The van der Waals surface area contributed by atoms with E-state index in [0.29, 0.717) is 6.04 Å². The van der Waals surface area contributed by atoms with Gasteiger partial charge in [-0.2, -0.15) is 11.8 Å². The maximum atomic E-state index is 5.99. The second kappa shape index (κ2) is 9.24. The minimum atomic E-state index is 0.568. The van der Waals surface area contributed by atoms with Gasteiger partial charge in [-0.1, -0.05) is 32.4 Å². The fraction of sp³-hybridized carbons (Fsp3) is 0.714. The number of halogens is 1. The highest BCUT2D eigenvalue weighted by Gasteiger charge is 2.12. The molecule has 0 aromatic carbocycles. The first-order chi connectivity index (χ1) is 8.65. The molecule has 0 fully saturated rings. The van der Waals surface area contributed by atoms with Crippen molar-refractivity contribution in [3.63, 3.8) is 0 Å². The standard InChI is InChI=1S/C14H24ClNS2/c1-4-8-16-12(10-17-11(3)5-2)9-13-6-7-14(15)18-13/h6-7,11-12,16H,4-5,8-10H2,1-3H3. The molecule has 104 valence electrons. The molecule has 1 aromatic heterocycles. The van der Waals surface area contributed by atoms with E-state index in [0.717, 1.165) is 22.6 Å². The Balaban J connectivity index is 2.44. The van der Waals surface area contributed by atoms with Gasteiger partial charge in [-0.25, -0.2) is 0 Å². The van der Waals surface area contributed by atoms with Crippen LogP contribution < -0.4 is 5.32 Å². The highest BCUT2D eigenvalue weighted by Crippen LogP contribution is 2.24. The van der Waals surface area contributed by atoms with Crippen molar-refractivity contribution in [3.05, 3.63) is 21.3 Å². The van der Waals surface area contributed by atoms with E-state index in [1.54, 1.807) is 11.3 Å². The van der Waals surface area contributed by atoms with E-state index in [4.69, 9.17) is 11.6 Å². The summed E-state index contributed by atoms with van der Waals surface area (Å²) >= 11 is 9.77. The molecular weight excluding hydrogens is 282 g/mol. The molecule has 1 nitrogen and oxygen atoms in total. The van der Waals surface area contributed by atoms with Crippen molar-refractivity contribution < 1.29 is 0 Å². The molecule has 2 atom stereocenters. The molecule has 1 N–H and O–H groups in total. The van der Waals surface area contributed by atoms with Crippen LogP contribution in [0.2, 0.25) is 4.34 Å². The molecule has 0 aliphatic rings. The molecule has 0 saturated carbocycles. The van der Waals surface area contributed by atoms with E-state index in [1.807, 2.05) is 6.07 Å². The molecule has 0 radical (unpaired) electrons. The third-order valence-corrected chi connectivity index (χ3v) is 5.67. The zero-order chi connectivity index (χ0) is 13.4. The van der Waals surface area contributed by atoms with Gasteiger partial charge in [-0.3, -0.25) is 0 Å². The van der Waals surface area contributed by atoms with E-state index in [9.17, 15) is 0 Å². The first-order valence-corrected chi connectivity index (χ1v) is 8.99. The first-order valence-electron chi connectivity index (χ1n) is 6.74. The largest absolute Gasteiger partial charge is 0.313 e. The summed E-state index contributed by atoms with van der Waals surface area (Å²) in [5, 5.41) is 4.40. The Morgan fingerprint density at radius 2 is 2.17 bits per heavy atom. The average Bonchev–Trinajstić information content (AvgIpc) is 2.77. The van der Waals surface area contributed by atoms with Gasteiger partial charge in [-0.05, 0) is 37.9 Å². The van der Waals surface area contributed by atoms with Crippen LogP contribution in [0.4, 0.5) is 0 Å². The lowest BCUT2D eigenvalue weighted by Crippen LogP contribution is -2.34. The molecule has 0 aliphatic heterocycles. The van der Waals surface area contributed by atoms with E-state index >= 15 is 0 Å². The second-order valence-corrected chi connectivity index (χ2v) is 7.88. The number of hydrogen-bond donors (Lipinski definition) is 1. The Labute approximate surface area is 125 Å². The summed E-state index contributed by atoms with van der Waals surface area (Å²) in [6.45, 7) is 7.88. The van der Waals surface area contributed by atoms with Crippen molar-refractivity contribution in [1.29, 1.82) is 0 Å². The zero-order valence-corrected chi connectivity index (χ0v) is 13.9. The van der Waals surface area contributed by atoms with Crippen LogP contribution in [0, 0.1) is 0 Å². The molecule has 0 bridgehead atoms. The summed E-state index contributed by atoms with van der Waals surface area (Å²) in [5.41, 5.74) is 0. The molecule has 1 heterocycles. The van der Waals surface area contributed by atoms with E-state index in [2.05, 4.69) is 43.9 Å². The number of thioether (sulfide) groups is 1. The van der Waals surface area contributed by atoms with Gasteiger partial charge in [0.05, 0.1) is 4.34 Å².